The van der Waals surface area contributed by atoms with E-state index in [0.29, 0.717) is 18.9 Å². The third-order valence-electron chi connectivity index (χ3n) is 3.92. The maximum absolute atomic E-state index is 13.0. The predicted molar refractivity (Wildman–Crippen MR) is 101 cm³/mol. The first-order valence-corrected chi connectivity index (χ1v) is 8.76. The Hall–Kier alpha value is -2.74. The number of rotatable bonds is 9. The first kappa shape index (κ1) is 21.6. The first-order valence-electron chi connectivity index (χ1n) is 8.76. The summed E-state index contributed by atoms with van der Waals surface area (Å²) in [6.07, 6.45) is -4.48. The van der Waals surface area contributed by atoms with E-state index in [0.717, 1.165) is 11.8 Å². The summed E-state index contributed by atoms with van der Waals surface area (Å²) in [7, 11) is 1.58. The summed E-state index contributed by atoms with van der Waals surface area (Å²) in [6, 6.07) is 11.8. The smallest absolute Gasteiger partial charge is 0.418 e. The van der Waals surface area contributed by atoms with Gasteiger partial charge in [-0.2, -0.15) is 13.2 Å². The molecule has 0 bridgehead atoms. The van der Waals surface area contributed by atoms with E-state index in [-0.39, 0.29) is 18.2 Å². The minimum atomic E-state index is -4.52. The van der Waals surface area contributed by atoms with Gasteiger partial charge >= 0.3 is 6.18 Å². The molecule has 1 atom stereocenters. The summed E-state index contributed by atoms with van der Waals surface area (Å²) >= 11 is 0. The second-order valence-electron chi connectivity index (χ2n) is 6.17. The number of carbonyl (C=O) groups is 1. The van der Waals surface area contributed by atoms with Crippen molar-refractivity contribution >= 4 is 11.6 Å². The van der Waals surface area contributed by atoms with Crippen LogP contribution in [0.2, 0.25) is 0 Å². The van der Waals surface area contributed by atoms with E-state index in [4.69, 9.17) is 9.47 Å². The van der Waals surface area contributed by atoms with Crippen molar-refractivity contribution in [1.29, 1.82) is 0 Å². The highest BCUT2D eigenvalue weighted by atomic mass is 19.4. The molecule has 0 aliphatic rings. The van der Waals surface area contributed by atoms with Crippen LogP contribution >= 0.6 is 0 Å². The Labute approximate surface area is 161 Å². The summed E-state index contributed by atoms with van der Waals surface area (Å²) in [5.74, 6) is 0.932. The minimum absolute atomic E-state index is 0.0364. The highest BCUT2D eigenvalue weighted by molar-refractivity contribution is 5.92. The molecule has 2 aromatic rings. The van der Waals surface area contributed by atoms with Crippen LogP contribution in [0.15, 0.2) is 48.5 Å². The lowest BCUT2D eigenvalue weighted by atomic mass is 10.1. The molecule has 0 heterocycles. The zero-order valence-corrected chi connectivity index (χ0v) is 15.7. The number of anilines is 1. The van der Waals surface area contributed by atoms with Crippen molar-refractivity contribution in [3.63, 3.8) is 0 Å². The van der Waals surface area contributed by atoms with Gasteiger partial charge in [-0.1, -0.05) is 12.1 Å². The van der Waals surface area contributed by atoms with Gasteiger partial charge < -0.3 is 20.1 Å². The molecule has 152 valence electrons. The Morgan fingerprint density at radius 3 is 2.36 bits per heavy atom. The van der Waals surface area contributed by atoms with Crippen molar-refractivity contribution in [1.82, 2.24) is 5.32 Å². The van der Waals surface area contributed by atoms with Crippen molar-refractivity contribution in [2.24, 2.45) is 0 Å². The summed E-state index contributed by atoms with van der Waals surface area (Å²) in [4.78, 5) is 12.1. The molecule has 0 aliphatic heterocycles. The van der Waals surface area contributed by atoms with Gasteiger partial charge in [0.25, 0.3) is 0 Å². The molecule has 8 heteroatoms. The fourth-order valence-corrected chi connectivity index (χ4v) is 2.54. The minimum Gasteiger partial charge on any atom is -0.497 e. The van der Waals surface area contributed by atoms with Gasteiger partial charge in [-0.3, -0.25) is 4.79 Å². The van der Waals surface area contributed by atoms with Crippen LogP contribution in [0.3, 0.4) is 0 Å². The molecule has 1 unspecified atom stereocenters. The number of amides is 1. The normalized spacial score (nSPS) is 12.3. The van der Waals surface area contributed by atoms with E-state index < -0.39 is 17.6 Å². The van der Waals surface area contributed by atoms with E-state index >= 15 is 0 Å². The Kier molecular flexibility index (Phi) is 7.69. The van der Waals surface area contributed by atoms with Gasteiger partial charge in [-0.15, -0.1) is 0 Å². The third kappa shape index (κ3) is 6.77. The quantitative estimate of drug-likeness (QED) is 0.627. The summed E-state index contributed by atoms with van der Waals surface area (Å²) < 4.78 is 49.5. The molecular formula is C20H23F3N2O3. The zero-order chi connectivity index (χ0) is 20.6. The van der Waals surface area contributed by atoms with E-state index in [2.05, 4.69) is 10.6 Å². The number of carbonyl (C=O) groups excluding carboxylic acids is 1. The molecule has 0 saturated heterocycles. The molecule has 2 rings (SSSR count). The SMILES string of the molecule is COc1ccc(OCCNC(C)CC(=O)Nc2ccccc2C(F)(F)F)cc1. The fraction of sp³-hybridized carbons (Fsp3) is 0.350. The number of hydrogen-bond donors (Lipinski definition) is 2. The van der Waals surface area contributed by atoms with Crippen molar-refractivity contribution in [2.45, 2.75) is 25.6 Å². The van der Waals surface area contributed by atoms with Crippen LogP contribution in [-0.4, -0.2) is 32.2 Å². The third-order valence-corrected chi connectivity index (χ3v) is 3.92. The maximum atomic E-state index is 13.0. The summed E-state index contributed by atoms with van der Waals surface area (Å²) in [6.45, 7) is 2.65. The van der Waals surface area contributed by atoms with Crippen molar-refractivity contribution < 1.29 is 27.4 Å². The summed E-state index contributed by atoms with van der Waals surface area (Å²) in [5, 5.41) is 5.44. The van der Waals surface area contributed by atoms with E-state index in [1.54, 1.807) is 38.3 Å². The Morgan fingerprint density at radius 2 is 1.71 bits per heavy atom. The molecule has 2 N–H and O–H groups in total. The topological polar surface area (TPSA) is 59.6 Å². The van der Waals surface area contributed by atoms with Crippen molar-refractivity contribution in [2.75, 3.05) is 25.6 Å². The number of para-hydroxylation sites is 1. The van der Waals surface area contributed by atoms with Crippen LogP contribution in [-0.2, 0) is 11.0 Å². The number of methoxy groups -OCH3 is 1. The van der Waals surface area contributed by atoms with Gasteiger partial charge in [-0.05, 0) is 43.3 Å². The number of ether oxygens (including phenoxy) is 2. The largest absolute Gasteiger partial charge is 0.497 e. The Balaban J connectivity index is 1.74. The van der Waals surface area contributed by atoms with Crippen LogP contribution in [0.25, 0.3) is 0 Å². The fourth-order valence-electron chi connectivity index (χ4n) is 2.54. The van der Waals surface area contributed by atoms with Crippen LogP contribution in [0.5, 0.6) is 11.5 Å². The lowest BCUT2D eigenvalue weighted by Gasteiger charge is -2.16. The molecule has 2 aromatic carbocycles. The Morgan fingerprint density at radius 1 is 1.07 bits per heavy atom. The molecule has 0 spiro atoms. The molecule has 0 saturated carbocycles. The number of nitrogens with one attached hydrogen (secondary N) is 2. The highest BCUT2D eigenvalue weighted by Gasteiger charge is 2.33. The van der Waals surface area contributed by atoms with Crippen LogP contribution in [0, 0.1) is 0 Å². The van der Waals surface area contributed by atoms with Crippen LogP contribution in [0.1, 0.15) is 18.9 Å². The van der Waals surface area contributed by atoms with E-state index in [9.17, 15) is 18.0 Å². The van der Waals surface area contributed by atoms with Gasteiger partial charge in [-0.25, -0.2) is 0 Å². The Bertz CT molecular complexity index is 764. The average Bonchev–Trinajstić information content (AvgIpc) is 2.65. The molecule has 28 heavy (non-hydrogen) atoms. The number of alkyl halides is 3. The van der Waals surface area contributed by atoms with Gasteiger partial charge in [0, 0.05) is 19.0 Å². The first-order chi connectivity index (χ1) is 13.3. The van der Waals surface area contributed by atoms with E-state index in [1.807, 2.05) is 0 Å². The molecule has 5 nitrogen and oxygen atoms in total. The highest BCUT2D eigenvalue weighted by Crippen LogP contribution is 2.34. The molecule has 1 amide bonds. The molecule has 0 aliphatic carbocycles. The van der Waals surface area contributed by atoms with Crippen molar-refractivity contribution in [3.8, 4) is 11.5 Å². The van der Waals surface area contributed by atoms with Crippen molar-refractivity contribution in [3.05, 3.63) is 54.1 Å². The number of benzene rings is 2. The second kappa shape index (κ2) is 9.98. The van der Waals surface area contributed by atoms with Gasteiger partial charge in [0.05, 0.1) is 18.4 Å². The van der Waals surface area contributed by atoms with E-state index in [1.165, 1.54) is 18.2 Å². The van der Waals surface area contributed by atoms with Gasteiger partial charge in [0.1, 0.15) is 18.1 Å². The standard InChI is InChI=1S/C20H23F3N2O3/c1-14(24-11-12-28-16-9-7-15(27-2)8-10-16)13-19(26)25-18-6-4-3-5-17(18)20(21,22)23/h3-10,14,24H,11-13H2,1-2H3,(H,25,26). The maximum Gasteiger partial charge on any atom is 0.418 e. The lowest BCUT2D eigenvalue weighted by molar-refractivity contribution is -0.137. The summed E-state index contributed by atoms with van der Waals surface area (Å²) in [5.41, 5.74) is -1.10. The molecule has 0 fully saturated rings. The second-order valence-corrected chi connectivity index (χ2v) is 6.17. The molecule has 0 radical (unpaired) electrons. The lowest BCUT2D eigenvalue weighted by Crippen LogP contribution is -2.33. The van der Waals surface area contributed by atoms with Crippen LogP contribution < -0.4 is 20.1 Å². The number of halogens is 3. The van der Waals surface area contributed by atoms with Gasteiger partial charge in [0.15, 0.2) is 0 Å². The monoisotopic (exact) mass is 396 g/mol. The zero-order valence-electron chi connectivity index (χ0n) is 15.7. The molecule has 0 aromatic heterocycles. The average molecular weight is 396 g/mol. The molecular weight excluding hydrogens is 373 g/mol. The van der Waals surface area contributed by atoms with Gasteiger partial charge in [0.2, 0.25) is 5.91 Å². The predicted octanol–water partition coefficient (Wildman–Crippen LogP) is 4.10. The van der Waals surface area contributed by atoms with Crippen LogP contribution in [0.4, 0.5) is 18.9 Å². The number of hydrogen-bond acceptors (Lipinski definition) is 4.